The van der Waals surface area contributed by atoms with E-state index in [2.05, 4.69) is 10.1 Å². The minimum Gasteiger partial charge on any atom is -0.399 e. The Labute approximate surface area is 122 Å². The van der Waals surface area contributed by atoms with Gasteiger partial charge >= 0.3 is 0 Å². The van der Waals surface area contributed by atoms with Crippen LogP contribution in [0.5, 0.6) is 0 Å². The number of hydrogen-bond donors (Lipinski definition) is 2. The Morgan fingerprint density at radius 1 is 1.05 bits per heavy atom. The number of benzene rings is 2. The summed E-state index contributed by atoms with van der Waals surface area (Å²) >= 11 is 0. The highest BCUT2D eigenvalue weighted by Crippen LogP contribution is 2.21. The molecule has 0 saturated heterocycles. The van der Waals surface area contributed by atoms with E-state index in [1.807, 2.05) is 48.5 Å². The molecule has 1 atom stereocenters. The highest BCUT2D eigenvalue weighted by Gasteiger charge is 2.16. The van der Waals surface area contributed by atoms with E-state index in [4.69, 9.17) is 16.0 Å². The SMILES string of the molecule is Nc1cccc(-c2noc([C@@H](N)Cc3ccccc3)n2)c1. The van der Waals surface area contributed by atoms with Crippen molar-refractivity contribution in [3.8, 4) is 11.4 Å². The minimum atomic E-state index is -0.324. The molecule has 0 radical (unpaired) electrons. The number of hydrogen-bond acceptors (Lipinski definition) is 5. The molecule has 0 saturated carbocycles. The first-order valence-corrected chi connectivity index (χ1v) is 6.71. The molecule has 4 N–H and O–H groups in total. The third-order valence-corrected chi connectivity index (χ3v) is 3.20. The van der Waals surface area contributed by atoms with Crippen molar-refractivity contribution in [2.75, 3.05) is 5.73 Å². The van der Waals surface area contributed by atoms with Crippen molar-refractivity contribution in [3.05, 3.63) is 66.1 Å². The van der Waals surface area contributed by atoms with Crippen LogP contribution in [0.3, 0.4) is 0 Å². The third kappa shape index (κ3) is 3.09. The summed E-state index contributed by atoms with van der Waals surface area (Å²) in [4.78, 5) is 4.36. The van der Waals surface area contributed by atoms with E-state index in [1.165, 1.54) is 0 Å². The second kappa shape index (κ2) is 5.76. The molecule has 0 unspecified atom stereocenters. The summed E-state index contributed by atoms with van der Waals surface area (Å²) in [6.07, 6.45) is 0.652. The van der Waals surface area contributed by atoms with Gasteiger partial charge in [0.25, 0.3) is 0 Å². The van der Waals surface area contributed by atoms with Crippen molar-refractivity contribution in [2.24, 2.45) is 5.73 Å². The van der Waals surface area contributed by atoms with Gasteiger partial charge in [-0.2, -0.15) is 4.98 Å². The molecule has 0 aliphatic heterocycles. The Hall–Kier alpha value is -2.66. The summed E-state index contributed by atoms with van der Waals surface area (Å²) in [5.74, 6) is 0.928. The Morgan fingerprint density at radius 3 is 2.62 bits per heavy atom. The molecule has 5 nitrogen and oxygen atoms in total. The summed E-state index contributed by atoms with van der Waals surface area (Å²) in [5.41, 5.74) is 14.5. The van der Waals surface area contributed by atoms with Crippen LogP contribution in [0.4, 0.5) is 5.69 Å². The van der Waals surface area contributed by atoms with Gasteiger partial charge in [0.2, 0.25) is 11.7 Å². The molecular formula is C16H16N4O. The molecule has 2 aromatic carbocycles. The van der Waals surface area contributed by atoms with Crippen LogP contribution in [0.15, 0.2) is 59.1 Å². The van der Waals surface area contributed by atoms with Crippen molar-refractivity contribution in [3.63, 3.8) is 0 Å². The van der Waals surface area contributed by atoms with Gasteiger partial charge in [-0.3, -0.25) is 0 Å². The van der Waals surface area contributed by atoms with Crippen LogP contribution in [-0.4, -0.2) is 10.1 Å². The van der Waals surface area contributed by atoms with Gasteiger partial charge in [0.15, 0.2) is 0 Å². The van der Waals surface area contributed by atoms with Crippen molar-refractivity contribution in [2.45, 2.75) is 12.5 Å². The summed E-state index contributed by atoms with van der Waals surface area (Å²) in [6.45, 7) is 0. The van der Waals surface area contributed by atoms with Gasteiger partial charge in [-0.15, -0.1) is 0 Å². The number of nitrogens with two attached hydrogens (primary N) is 2. The maximum absolute atomic E-state index is 6.13. The van der Waals surface area contributed by atoms with E-state index >= 15 is 0 Å². The van der Waals surface area contributed by atoms with Gasteiger partial charge in [0, 0.05) is 11.3 Å². The fraction of sp³-hybridized carbons (Fsp3) is 0.125. The largest absolute Gasteiger partial charge is 0.399 e. The molecule has 0 fully saturated rings. The van der Waals surface area contributed by atoms with E-state index in [-0.39, 0.29) is 6.04 Å². The zero-order chi connectivity index (χ0) is 14.7. The van der Waals surface area contributed by atoms with Crippen LogP contribution in [0.1, 0.15) is 17.5 Å². The first kappa shape index (κ1) is 13.3. The van der Waals surface area contributed by atoms with Crippen LogP contribution in [0.25, 0.3) is 11.4 Å². The van der Waals surface area contributed by atoms with E-state index in [0.29, 0.717) is 23.8 Å². The third-order valence-electron chi connectivity index (χ3n) is 3.20. The van der Waals surface area contributed by atoms with E-state index in [0.717, 1.165) is 11.1 Å². The van der Waals surface area contributed by atoms with E-state index in [9.17, 15) is 0 Å². The zero-order valence-corrected chi connectivity index (χ0v) is 11.4. The number of nitrogens with zero attached hydrogens (tertiary/aromatic N) is 2. The second-order valence-electron chi connectivity index (χ2n) is 4.88. The predicted octanol–water partition coefficient (Wildman–Crippen LogP) is 2.56. The van der Waals surface area contributed by atoms with Crippen molar-refractivity contribution in [1.29, 1.82) is 0 Å². The van der Waals surface area contributed by atoms with Crippen LogP contribution in [0.2, 0.25) is 0 Å². The summed E-state index contributed by atoms with van der Waals surface area (Å²) < 4.78 is 5.27. The lowest BCUT2D eigenvalue weighted by Gasteiger charge is -2.05. The molecule has 0 aliphatic carbocycles. The standard InChI is InChI=1S/C16H16N4O/c17-13-8-4-7-12(10-13)15-19-16(21-20-15)14(18)9-11-5-2-1-3-6-11/h1-8,10,14H,9,17-18H2/t14-/m0/s1. The average molecular weight is 280 g/mol. The molecule has 1 heterocycles. The molecule has 0 bridgehead atoms. The van der Waals surface area contributed by atoms with E-state index in [1.54, 1.807) is 6.07 Å². The summed E-state index contributed by atoms with van der Waals surface area (Å²) in [7, 11) is 0. The average Bonchev–Trinajstić information content (AvgIpc) is 2.98. The lowest BCUT2D eigenvalue weighted by molar-refractivity contribution is 0.354. The number of anilines is 1. The molecule has 3 aromatic rings. The zero-order valence-electron chi connectivity index (χ0n) is 11.4. The predicted molar refractivity (Wildman–Crippen MR) is 81.2 cm³/mol. The molecular weight excluding hydrogens is 264 g/mol. The highest BCUT2D eigenvalue weighted by molar-refractivity contribution is 5.60. The fourth-order valence-electron chi connectivity index (χ4n) is 2.14. The maximum Gasteiger partial charge on any atom is 0.244 e. The van der Waals surface area contributed by atoms with Crippen LogP contribution in [-0.2, 0) is 6.42 Å². The summed E-state index contributed by atoms with van der Waals surface area (Å²) in [5, 5.41) is 3.97. The molecule has 0 aliphatic rings. The number of rotatable bonds is 4. The lowest BCUT2D eigenvalue weighted by atomic mass is 10.1. The molecule has 106 valence electrons. The van der Waals surface area contributed by atoms with Crippen molar-refractivity contribution < 1.29 is 4.52 Å². The van der Waals surface area contributed by atoms with Crippen LogP contribution in [0, 0.1) is 0 Å². The van der Waals surface area contributed by atoms with Crippen molar-refractivity contribution in [1.82, 2.24) is 10.1 Å². The number of nitrogen functional groups attached to an aromatic ring is 1. The van der Waals surface area contributed by atoms with Gasteiger partial charge in [0.05, 0.1) is 6.04 Å². The molecule has 3 rings (SSSR count). The van der Waals surface area contributed by atoms with Gasteiger partial charge in [0.1, 0.15) is 0 Å². The highest BCUT2D eigenvalue weighted by atomic mass is 16.5. The summed E-state index contributed by atoms with van der Waals surface area (Å²) in [6, 6.07) is 17.0. The molecule has 21 heavy (non-hydrogen) atoms. The number of aromatic nitrogens is 2. The first-order chi connectivity index (χ1) is 10.2. The fourth-order valence-corrected chi connectivity index (χ4v) is 2.14. The Kier molecular flexibility index (Phi) is 3.66. The topological polar surface area (TPSA) is 91.0 Å². The second-order valence-corrected chi connectivity index (χ2v) is 4.88. The molecule has 1 aromatic heterocycles. The first-order valence-electron chi connectivity index (χ1n) is 6.71. The quantitative estimate of drug-likeness (QED) is 0.717. The van der Waals surface area contributed by atoms with Gasteiger partial charge in [-0.25, -0.2) is 0 Å². The van der Waals surface area contributed by atoms with Crippen LogP contribution < -0.4 is 11.5 Å². The lowest BCUT2D eigenvalue weighted by Crippen LogP contribution is -2.13. The Morgan fingerprint density at radius 2 is 1.86 bits per heavy atom. The normalized spacial score (nSPS) is 12.2. The van der Waals surface area contributed by atoms with E-state index < -0.39 is 0 Å². The molecule has 0 spiro atoms. The smallest absolute Gasteiger partial charge is 0.244 e. The van der Waals surface area contributed by atoms with Gasteiger partial charge in [-0.05, 0) is 24.1 Å². The Bertz CT molecular complexity index is 724. The van der Waals surface area contributed by atoms with Gasteiger partial charge < -0.3 is 16.0 Å². The maximum atomic E-state index is 6.13. The minimum absolute atomic E-state index is 0.324. The molecule has 0 amide bonds. The Balaban J connectivity index is 1.78. The van der Waals surface area contributed by atoms with Crippen molar-refractivity contribution >= 4 is 5.69 Å². The van der Waals surface area contributed by atoms with Gasteiger partial charge in [-0.1, -0.05) is 47.6 Å². The monoisotopic (exact) mass is 280 g/mol. The van der Waals surface area contributed by atoms with Crippen LogP contribution >= 0.6 is 0 Å². The molecule has 5 heteroatoms.